The molecule has 0 saturated carbocycles. The molecule has 0 amide bonds. The standard InChI is InChI=1S/C16H21NS/c1-11-5-6-15(9-12(11)2)13(3)17-14(4)16-7-8-18-10-16/h5-10,13-14,17H,1-4H3. The first-order valence-corrected chi connectivity index (χ1v) is 7.37. The van der Waals surface area contributed by atoms with Crippen molar-refractivity contribution in [3.05, 3.63) is 57.3 Å². The zero-order valence-electron chi connectivity index (χ0n) is 11.5. The Balaban J connectivity index is 2.07. The maximum atomic E-state index is 3.65. The first-order chi connectivity index (χ1) is 8.58. The van der Waals surface area contributed by atoms with E-state index in [9.17, 15) is 0 Å². The van der Waals surface area contributed by atoms with Crippen LogP contribution in [0.1, 0.15) is 48.2 Å². The van der Waals surface area contributed by atoms with Gasteiger partial charge in [0.15, 0.2) is 0 Å². The van der Waals surface area contributed by atoms with Crippen LogP contribution in [0.25, 0.3) is 0 Å². The molecule has 18 heavy (non-hydrogen) atoms. The molecule has 0 aliphatic carbocycles. The van der Waals surface area contributed by atoms with Gasteiger partial charge in [-0.05, 0) is 66.8 Å². The van der Waals surface area contributed by atoms with E-state index in [1.54, 1.807) is 11.3 Å². The van der Waals surface area contributed by atoms with Crippen LogP contribution >= 0.6 is 11.3 Å². The van der Waals surface area contributed by atoms with Gasteiger partial charge >= 0.3 is 0 Å². The first kappa shape index (κ1) is 13.3. The van der Waals surface area contributed by atoms with Gasteiger partial charge in [0.1, 0.15) is 0 Å². The number of nitrogens with one attached hydrogen (secondary N) is 1. The molecule has 96 valence electrons. The van der Waals surface area contributed by atoms with Crippen molar-refractivity contribution < 1.29 is 0 Å². The Morgan fingerprint density at radius 1 is 0.944 bits per heavy atom. The normalized spacial score (nSPS) is 14.4. The smallest absolute Gasteiger partial charge is 0.0305 e. The highest BCUT2D eigenvalue weighted by Crippen LogP contribution is 2.22. The molecule has 0 saturated heterocycles. The third-order valence-electron chi connectivity index (χ3n) is 3.57. The molecule has 0 spiro atoms. The number of aryl methyl sites for hydroxylation is 2. The minimum atomic E-state index is 0.374. The molecule has 1 aromatic carbocycles. The lowest BCUT2D eigenvalue weighted by molar-refractivity contribution is 0.495. The molecule has 1 nitrogen and oxygen atoms in total. The molecule has 2 unspecified atom stereocenters. The third-order valence-corrected chi connectivity index (χ3v) is 4.28. The Labute approximate surface area is 114 Å². The lowest BCUT2D eigenvalue weighted by Gasteiger charge is -2.20. The second-order valence-corrected chi connectivity index (χ2v) is 5.79. The van der Waals surface area contributed by atoms with E-state index in [-0.39, 0.29) is 0 Å². The van der Waals surface area contributed by atoms with E-state index >= 15 is 0 Å². The highest BCUT2D eigenvalue weighted by Gasteiger charge is 2.11. The fourth-order valence-electron chi connectivity index (χ4n) is 2.12. The Kier molecular flexibility index (Phi) is 4.20. The van der Waals surface area contributed by atoms with Gasteiger partial charge in [0.2, 0.25) is 0 Å². The van der Waals surface area contributed by atoms with E-state index in [2.05, 4.69) is 68.0 Å². The van der Waals surface area contributed by atoms with Crippen molar-refractivity contribution in [3.63, 3.8) is 0 Å². The van der Waals surface area contributed by atoms with Gasteiger partial charge in [0.05, 0.1) is 0 Å². The molecule has 0 bridgehead atoms. The number of thiophene rings is 1. The van der Waals surface area contributed by atoms with Crippen LogP contribution in [0.5, 0.6) is 0 Å². The summed E-state index contributed by atoms with van der Waals surface area (Å²) in [5, 5.41) is 8.00. The monoisotopic (exact) mass is 259 g/mol. The molecule has 2 rings (SSSR count). The van der Waals surface area contributed by atoms with Gasteiger partial charge in [-0.3, -0.25) is 0 Å². The van der Waals surface area contributed by atoms with Gasteiger partial charge in [-0.1, -0.05) is 18.2 Å². The summed E-state index contributed by atoms with van der Waals surface area (Å²) in [5.74, 6) is 0. The highest BCUT2D eigenvalue weighted by atomic mass is 32.1. The largest absolute Gasteiger partial charge is 0.304 e. The molecule has 0 fully saturated rings. The predicted octanol–water partition coefficient (Wildman–Crippen LogP) is 4.78. The van der Waals surface area contributed by atoms with E-state index in [4.69, 9.17) is 0 Å². The zero-order chi connectivity index (χ0) is 13.1. The second-order valence-electron chi connectivity index (χ2n) is 5.01. The Morgan fingerprint density at radius 3 is 2.28 bits per heavy atom. The van der Waals surface area contributed by atoms with E-state index in [1.165, 1.54) is 22.3 Å². The van der Waals surface area contributed by atoms with Gasteiger partial charge < -0.3 is 5.32 Å². The van der Waals surface area contributed by atoms with Crippen LogP contribution in [0.15, 0.2) is 35.0 Å². The molecule has 1 aromatic heterocycles. The summed E-state index contributed by atoms with van der Waals surface area (Å²) in [4.78, 5) is 0. The molecule has 1 heterocycles. The van der Waals surface area contributed by atoms with Crippen LogP contribution < -0.4 is 5.32 Å². The lowest BCUT2D eigenvalue weighted by atomic mass is 10.0. The number of hydrogen-bond acceptors (Lipinski definition) is 2. The van der Waals surface area contributed by atoms with Crippen LogP contribution in [0.3, 0.4) is 0 Å². The van der Waals surface area contributed by atoms with Crippen molar-refractivity contribution >= 4 is 11.3 Å². The van der Waals surface area contributed by atoms with E-state index in [1.807, 2.05) is 0 Å². The van der Waals surface area contributed by atoms with Crippen LogP contribution in [0.2, 0.25) is 0 Å². The lowest BCUT2D eigenvalue weighted by Crippen LogP contribution is -2.22. The summed E-state index contributed by atoms with van der Waals surface area (Å²) in [5.41, 5.74) is 5.46. The molecule has 2 heteroatoms. The average Bonchev–Trinajstić information content (AvgIpc) is 2.86. The summed E-state index contributed by atoms with van der Waals surface area (Å²) in [6, 6.07) is 9.67. The van der Waals surface area contributed by atoms with Crippen molar-refractivity contribution in [2.75, 3.05) is 0 Å². The van der Waals surface area contributed by atoms with Crippen LogP contribution in [-0.4, -0.2) is 0 Å². The molecular weight excluding hydrogens is 238 g/mol. The van der Waals surface area contributed by atoms with Crippen molar-refractivity contribution in [1.29, 1.82) is 0 Å². The highest BCUT2D eigenvalue weighted by molar-refractivity contribution is 7.07. The number of rotatable bonds is 4. The number of hydrogen-bond donors (Lipinski definition) is 1. The fraction of sp³-hybridized carbons (Fsp3) is 0.375. The van der Waals surface area contributed by atoms with Crippen LogP contribution in [0.4, 0.5) is 0 Å². The number of benzene rings is 1. The van der Waals surface area contributed by atoms with Gasteiger partial charge in [0, 0.05) is 12.1 Å². The molecule has 0 aliphatic heterocycles. The average molecular weight is 259 g/mol. The summed E-state index contributed by atoms with van der Waals surface area (Å²) in [6.07, 6.45) is 0. The van der Waals surface area contributed by atoms with Gasteiger partial charge in [-0.25, -0.2) is 0 Å². The van der Waals surface area contributed by atoms with E-state index in [0.717, 1.165) is 0 Å². The van der Waals surface area contributed by atoms with Crippen molar-refractivity contribution in [3.8, 4) is 0 Å². The molecule has 1 N–H and O–H groups in total. The van der Waals surface area contributed by atoms with E-state index < -0.39 is 0 Å². The quantitative estimate of drug-likeness (QED) is 0.833. The minimum Gasteiger partial charge on any atom is -0.304 e. The Morgan fingerprint density at radius 2 is 1.67 bits per heavy atom. The SMILES string of the molecule is Cc1ccc(C(C)NC(C)c2ccsc2)cc1C. The van der Waals surface area contributed by atoms with Crippen LogP contribution in [-0.2, 0) is 0 Å². The van der Waals surface area contributed by atoms with Crippen LogP contribution in [0, 0.1) is 13.8 Å². The van der Waals surface area contributed by atoms with Gasteiger partial charge in [-0.2, -0.15) is 11.3 Å². The maximum Gasteiger partial charge on any atom is 0.0305 e. The second kappa shape index (κ2) is 5.68. The van der Waals surface area contributed by atoms with Crippen molar-refractivity contribution in [1.82, 2.24) is 5.32 Å². The summed E-state index contributed by atoms with van der Waals surface area (Å²) in [7, 11) is 0. The van der Waals surface area contributed by atoms with Gasteiger partial charge in [0.25, 0.3) is 0 Å². The fourth-order valence-corrected chi connectivity index (χ4v) is 2.88. The summed E-state index contributed by atoms with van der Waals surface area (Å²) < 4.78 is 0. The Hall–Kier alpha value is -1.12. The van der Waals surface area contributed by atoms with E-state index in [0.29, 0.717) is 12.1 Å². The topological polar surface area (TPSA) is 12.0 Å². The first-order valence-electron chi connectivity index (χ1n) is 6.43. The Bertz CT molecular complexity index is 502. The minimum absolute atomic E-state index is 0.374. The van der Waals surface area contributed by atoms with Crippen molar-refractivity contribution in [2.45, 2.75) is 39.8 Å². The predicted molar refractivity (Wildman–Crippen MR) is 80.2 cm³/mol. The molecule has 0 aliphatic rings. The zero-order valence-corrected chi connectivity index (χ0v) is 12.3. The molecular formula is C16H21NS. The molecule has 0 radical (unpaired) electrons. The molecule has 2 aromatic rings. The van der Waals surface area contributed by atoms with Crippen molar-refractivity contribution in [2.24, 2.45) is 0 Å². The summed E-state index contributed by atoms with van der Waals surface area (Å²) in [6.45, 7) is 8.78. The van der Waals surface area contributed by atoms with Gasteiger partial charge in [-0.15, -0.1) is 0 Å². The molecule has 2 atom stereocenters. The summed E-state index contributed by atoms with van der Waals surface area (Å²) >= 11 is 1.76. The third kappa shape index (κ3) is 3.01. The maximum absolute atomic E-state index is 3.65.